The molecule has 0 unspecified atom stereocenters. The van der Waals surface area contributed by atoms with Crippen LogP contribution in [0, 0.1) is 0 Å². The molecule has 0 atom stereocenters. The lowest BCUT2D eigenvalue weighted by atomic mass is 10.00. The molecule has 0 fully saturated rings. The summed E-state index contributed by atoms with van der Waals surface area (Å²) in [6, 6.07) is 0. The molecule has 1 aliphatic carbocycles. The number of carbonyl (C=O) groups excluding carboxylic acids is 2. The molecule has 0 spiro atoms. The van der Waals surface area contributed by atoms with Gasteiger partial charge in [0, 0.05) is 12.1 Å². The molecule has 1 aromatic rings. The first-order valence-electron chi connectivity index (χ1n) is 8.22. The van der Waals surface area contributed by atoms with E-state index in [1.807, 2.05) is 0 Å². The molecule has 0 aliphatic heterocycles. The third kappa shape index (κ3) is 3.90. The van der Waals surface area contributed by atoms with Crippen LogP contribution in [0.15, 0.2) is 0 Å². The summed E-state index contributed by atoms with van der Waals surface area (Å²) in [5.74, 6) is -0.546. The van der Waals surface area contributed by atoms with Gasteiger partial charge in [0.1, 0.15) is 5.69 Å². The Balaban J connectivity index is 2.24. The topological polar surface area (TPSA) is 68.4 Å². The lowest BCUT2D eigenvalue weighted by Gasteiger charge is -2.07. The van der Waals surface area contributed by atoms with Gasteiger partial charge in [-0.3, -0.25) is 4.79 Å². The number of nitrogens with one attached hydrogen (secondary N) is 1. The molecule has 1 N–H and O–H groups in total. The fourth-order valence-corrected chi connectivity index (χ4v) is 3.04. The van der Waals surface area contributed by atoms with Gasteiger partial charge in [-0.2, -0.15) is 0 Å². The minimum atomic E-state index is -0.325. The van der Waals surface area contributed by atoms with Crippen LogP contribution in [0.3, 0.4) is 0 Å². The molecule has 22 heavy (non-hydrogen) atoms. The summed E-state index contributed by atoms with van der Waals surface area (Å²) in [6.45, 7) is 4.32. The normalized spacial score (nSPS) is 14.1. The molecule has 1 aliphatic rings. The van der Waals surface area contributed by atoms with Crippen LogP contribution in [0.2, 0.25) is 0 Å². The molecule has 1 heterocycles. The van der Waals surface area contributed by atoms with Crippen LogP contribution < -0.4 is 0 Å². The van der Waals surface area contributed by atoms with Gasteiger partial charge in [0.2, 0.25) is 0 Å². The van der Waals surface area contributed by atoms with Crippen LogP contribution in [0.4, 0.5) is 0 Å². The molecule has 0 saturated heterocycles. The Morgan fingerprint density at radius 2 is 1.77 bits per heavy atom. The van der Waals surface area contributed by atoms with E-state index in [1.165, 1.54) is 12.0 Å². The van der Waals surface area contributed by atoms with Gasteiger partial charge in [-0.1, -0.05) is 6.42 Å². The number of hydrogen-bond acceptors (Lipinski definition) is 4. The fraction of sp³-hybridized carbons (Fsp3) is 0.647. The maximum atomic E-state index is 12.2. The van der Waals surface area contributed by atoms with Crippen molar-refractivity contribution >= 4 is 11.9 Å². The summed E-state index contributed by atoms with van der Waals surface area (Å²) >= 11 is 0. The van der Waals surface area contributed by atoms with Crippen LogP contribution in [-0.2, 0) is 33.5 Å². The van der Waals surface area contributed by atoms with E-state index in [-0.39, 0.29) is 11.9 Å². The highest BCUT2D eigenvalue weighted by atomic mass is 16.5. The summed E-state index contributed by atoms with van der Waals surface area (Å²) in [4.78, 5) is 27.1. The number of esters is 2. The molecule has 5 nitrogen and oxygen atoms in total. The summed E-state index contributed by atoms with van der Waals surface area (Å²) < 4.78 is 10.1. The minimum Gasteiger partial charge on any atom is -0.466 e. The maximum Gasteiger partial charge on any atom is 0.355 e. The zero-order valence-electron chi connectivity index (χ0n) is 13.5. The Labute approximate surface area is 131 Å². The van der Waals surface area contributed by atoms with Crippen molar-refractivity contribution in [2.45, 2.75) is 58.8 Å². The number of hydrogen-bond donors (Lipinski definition) is 1. The van der Waals surface area contributed by atoms with Crippen molar-refractivity contribution in [1.82, 2.24) is 4.98 Å². The average molecular weight is 307 g/mol. The van der Waals surface area contributed by atoms with Crippen LogP contribution in [0.5, 0.6) is 0 Å². The zero-order valence-corrected chi connectivity index (χ0v) is 13.5. The van der Waals surface area contributed by atoms with Crippen molar-refractivity contribution < 1.29 is 19.1 Å². The van der Waals surface area contributed by atoms with Crippen LogP contribution in [0.1, 0.15) is 66.8 Å². The van der Waals surface area contributed by atoms with E-state index in [9.17, 15) is 9.59 Å². The summed E-state index contributed by atoms with van der Waals surface area (Å²) in [7, 11) is 0. The van der Waals surface area contributed by atoms with Gasteiger partial charge in [0.15, 0.2) is 0 Å². The number of aryl methyl sites for hydroxylation is 1. The average Bonchev–Trinajstić information content (AvgIpc) is 2.67. The lowest BCUT2D eigenvalue weighted by Crippen LogP contribution is -2.11. The van der Waals surface area contributed by atoms with E-state index in [0.29, 0.717) is 31.7 Å². The van der Waals surface area contributed by atoms with Gasteiger partial charge in [0.05, 0.1) is 13.2 Å². The molecule has 1 aromatic heterocycles. The third-order valence-corrected chi connectivity index (χ3v) is 4.02. The smallest absolute Gasteiger partial charge is 0.355 e. The van der Waals surface area contributed by atoms with E-state index in [2.05, 4.69) is 4.98 Å². The largest absolute Gasteiger partial charge is 0.466 e. The maximum absolute atomic E-state index is 12.2. The molecule has 5 heteroatoms. The predicted molar refractivity (Wildman–Crippen MR) is 83.0 cm³/mol. The molecule has 0 amide bonds. The van der Waals surface area contributed by atoms with E-state index in [0.717, 1.165) is 36.9 Å². The molecular formula is C17H25NO4. The zero-order chi connectivity index (χ0) is 15.9. The van der Waals surface area contributed by atoms with Crippen LogP contribution in [0.25, 0.3) is 0 Å². The Kier molecular flexibility index (Phi) is 6.04. The number of H-pyrrole nitrogens is 1. The van der Waals surface area contributed by atoms with Crippen molar-refractivity contribution in [3.63, 3.8) is 0 Å². The van der Waals surface area contributed by atoms with Crippen molar-refractivity contribution in [3.8, 4) is 0 Å². The highest BCUT2D eigenvalue weighted by Crippen LogP contribution is 2.28. The fourth-order valence-electron chi connectivity index (χ4n) is 3.04. The van der Waals surface area contributed by atoms with Gasteiger partial charge >= 0.3 is 11.9 Å². The number of ether oxygens (including phenoxy) is 2. The Morgan fingerprint density at radius 3 is 2.50 bits per heavy atom. The van der Waals surface area contributed by atoms with Crippen LogP contribution >= 0.6 is 0 Å². The second kappa shape index (κ2) is 8.01. The van der Waals surface area contributed by atoms with E-state index >= 15 is 0 Å². The highest BCUT2D eigenvalue weighted by Gasteiger charge is 2.24. The standard InChI is InChI=1S/C17H25NO4/c1-3-21-15(19)11-10-13-12-8-6-5-7-9-14(12)18-16(13)17(20)22-4-2/h18H,3-11H2,1-2H3. The van der Waals surface area contributed by atoms with Crippen molar-refractivity contribution in [3.05, 3.63) is 22.5 Å². The first-order chi connectivity index (χ1) is 10.7. The van der Waals surface area contributed by atoms with Gasteiger partial charge in [-0.25, -0.2) is 4.79 Å². The second-order valence-electron chi connectivity index (χ2n) is 5.52. The monoisotopic (exact) mass is 307 g/mol. The first-order valence-corrected chi connectivity index (χ1v) is 8.22. The molecule has 2 rings (SSSR count). The SMILES string of the molecule is CCOC(=O)CCc1c(C(=O)OCC)[nH]c2c1CCCCC2. The minimum absolute atomic E-state index is 0.221. The highest BCUT2D eigenvalue weighted by molar-refractivity contribution is 5.90. The molecule has 0 bridgehead atoms. The molecular weight excluding hydrogens is 282 g/mol. The first kappa shape index (κ1) is 16.6. The number of aromatic amines is 1. The lowest BCUT2D eigenvalue weighted by molar-refractivity contribution is -0.143. The molecule has 122 valence electrons. The van der Waals surface area contributed by atoms with Crippen molar-refractivity contribution in [2.75, 3.05) is 13.2 Å². The third-order valence-electron chi connectivity index (χ3n) is 4.02. The number of aromatic nitrogens is 1. The predicted octanol–water partition coefficient (Wildman–Crippen LogP) is 2.96. The Bertz CT molecular complexity index is 533. The summed E-state index contributed by atoms with van der Waals surface area (Å²) in [6.07, 6.45) is 6.20. The van der Waals surface area contributed by atoms with Gasteiger partial charge in [-0.15, -0.1) is 0 Å². The van der Waals surface area contributed by atoms with Crippen molar-refractivity contribution in [1.29, 1.82) is 0 Å². The number of rotatable bonds is 6. The van der Waals surface area contributed by atoms with Crippen molar-refractivity contribution in [2.24, 2.45) is 0 Å². The van der Waals surface area contributed by atoms with E-state index in [4.69, 9.17) is 9.47 Å². The van der Waals surface area contributed by atoms with Gasteiger partial charge in [0.25, 0.3) is 0 Å². The van der Waals surface area contributed by atoms with Gasteiger partial charge < -0.3 is 14.5 Å². The molecule has 0 radical (unpaired) electrons. The second-order valence-corrected chi connectivity index (χ2v) is 5.52. The number of fused-ring (bicyclic) bond motifs is 1. The quantitative estimate of drug-likeness (QED) is 0.648. The number of carbonyl (C=O) groups is 2. The summed E-state index contributed by atoms with van der Waals surface area (Å²) in [5, 5.41) is 0. The molecule has 0 saturated carbocycles. The molecule has 0 aromatic carbocycles. The van der Waals surface area contributed by atoms with Crippen LogP contribution in [-0.4, -0.2) is 30.1 Å². The Morgan fingerprint density at radius 1 is 1.05 bits per heavy atom. The van der Waals surface area contributed by atoms with E-state index in [1.54, 1.807) is 13.8 Å². The van der Waals surface area contributed by atoms with Gasteiger partial charge in [-0.05, 0) is 57.1 Å². The summed E-state index contributed by atoms with van der Waals surface area (Å²) in [5.41, 5.74) is 3.82. The van der Waals surface area contributed by atoms with E-state index < -0.39 is 0 Å². The Hall–Kier alpha value is -1.78.